The Morgan fingerprint density at radius 2 is 2.05 bits per heavy atom. The predicted molar refractivity (Wildman–Crippen MR) is 86.1 cm³/mol. The van der Waals surface area contributed by atoms with Crippen molar-refractivity contribution in [3.63, 3.8) is 0 Å². The smallest absolute Gasteiger partial charge is 0.259 e. The third kappa shape index (κ3) is 2.36. The van der Waals surface area contributed by atoms with Crippen LogP contribution in [0.4, 0.5) is 5.82 Å². The Morgan fingerprint density at radius 1 is 1.27 bits per heavy atom. The number of fused-ring (bicyclic) bond motifs is 1. The summed E-state index contributed by atoms with van der Waals surface area (Å²) >= 11 is 0. The maximum absolute atomic E-state index is 12.6. The van der Waals surface area contributed by atoms with Crippen LogP contribution >= 0.6 is 0 Å². The minimum Gasteiger partial charge on any atom is -0.328 e. The normalized spacial score (nSPS) is 11.3. The van der Waals surface area contributed by atoms with Crippen LogP contribution in [-0.4, -0.2) is 32.3 Å². The van der Waals surface area contributed by atoms with Gasteiger partial charge in [0.2, 0.25) is 0 Å². The molecule has 0 aliphatic carbocycles. The van der Waals surface area contributed by atoms with Gasteiger partial charge in [-0.25, -0.2) is 4.98 Å². The molecule has 3 rings (SSSR count). The average Bonchev–Trinajstić information content (AvgIpc) is 3.11. The van der Waals surface area contributed by atoms with Crippen molar-refractivity contribution in [3.05, 3.63) is 42.4 Å². The van der Waals surface area contributed by atoms with E-state index in [9.17, 15) is 4.79 Å². The molecule has 0 saturated carbocycles. The van der Waals surface area contributed by atoms with E-state index in [1.807, 2.05) is 43.8 Å². The number of aryl methyl sites for hydroxylation is 1. The molecular weight excluding hydrogens is 278 g/mol. The van der Waals surface area contributed by atoms with Gasteiger partial charge in [0.1, 0.15) is 0 Å². The summed E-state index contributed by atoms with van der Waals surface area (Å²) in [5, 5.41) is 4.25. The third-order valence-electron chi connectivity index (χ3n) is 3.73. The van der Waals surface area contributed by atoms with E-state index in [2.05, 4.69) is 28.5 Å². The lowest BCUT2D eigenvalue weighted by Crippen LogP contribution is -2.26. The first-order chi connectivity index (χ1) is 10.5. The molecule has 6 heteroatoms. The molecule has 2 heterocycles. The number of carbonyl (C=O) groups is 1. The fraction of sp³-hybridized carbons (Fsp3) is 0.312. The van der Waals surface area contributed by atoms with Crippen LogP contribution < -0.4 is 4.90 Å². The summed E-state index contributed by atoms with van der Waals surface area (Å²) in [6.45, 7) is 4.21. The average molecular weight is 297 g/mol. The summed E-state index contributed by atoms with van der Waals surface area (Å²) in [5.74, 6) is 0.528. The van der Waals surface area contributed by atoms with Gasteiger partial charge in [-0.2, -0.15) is 5.10 Å². The molecule has 0 fully saturated rings. The minimum absolute atomic E-state index is 0.0975. The van der Waals surface area contributed by atoms with E-state index >= 15 is 0 Å². The summed E-state index contributed by atoms with van der Waals surface area (Å²) in [4.78, 5) is 18.5. The van der Waals surface area contributed by atoms with Gasteiger partial charge in [-0.3, -0.25) is 14.4 Å². The Hall–Kier alpha value is -2.63. The van der Waals surface area contributed by atoms with Crippen molar-refractivity contribution >= 4 is 22.8 Å². The molecule has 114 valence electrons. The van der Waals surface area contributed by atoms with Crippen molar-refractivity contribution < 1.29 is 4.79 Å². The van der Waals surface area contributed by atoms with Crippen LogP contribution in [0.25, 0.3) is 11.0 Å². The number of aromatic nitrogens is 4. The van der Waals surface area contributed by atoms with Crippen LogP contribution in [0.15, 0.2) is 36.8 Å². The fourth-order valence-electron chi connectivity index (χ4n) is 2.46. The number of hydrogen-bond acceptors (Lipinski definition) is 3. The van der Waals surface area contributed by atoms with Crippen molar-refractivity contribution in [2.45, 2.75) is 19.9 Å². The molecule has 0 atom stereocenters. The maximum atomic E-state index is 12.6. The molecule has 0 unspecified atom stereocenters. The third-order valence-corrected chi connectivity index (χ3v) is 3.73. The Labute approximate surface area is 129 Å². The highest BCUT2D eigenvalue weighted by molar-refractivity contribution is 6.06. The van der Waals surface area contributed by atoms with E-state index in [0.717, 1.165) is 11.0 Å². The molecule has 0 N–H and O–H groups in total. The molecular formula is C16H19N5O. The Morgan fingerprint density at radius 3 is 2.68 bits per heavy atom. The van der Waals surface area contributed by atoms with Crippen molar-refractivity contribution in [3.8, 4) is 0 Å². The number of nitrogens with zero attached hydrogens (tertiary/aromatic N) is 5. The first kappa shape index (κ1) is 14.3. The largest absolute Gasteiger partial charge is 0.328 e. The molecule has 0 bridgehead atoms. The molecule has 6 nitrogen and oxygen atoms in total. The van der Waals surface area contributed by atoms with Gasteiger partial charge in [0.25, 0.3) is 5.91 Å². The summed E-state index contributed by atoms with van der Waals surface area (Å²) < 4.78 is 3.76. The standard InChI is InChI=1S/C16H19N5O/c1-11(2)21-10-17-13-9-12(5-6-14(13)21)16(22)20(4)15-7-8-19(3)18-15/h5-11H,1-4H3. The van der Waals surface area contributed by atoms with E-state index in [1.54, 1.807) is 16.6 Å². The summed E-state index contributed by atoms with van der Waals surface area (Å²) in [7, 11) is 3.55. The van der Waals surface area contributed by atoms with Crippen LogP contribution in [0.5, 0.6) is 0 Å². The zero-order valence-corrected chi connectivity index (χ0v) is 13.2. The lowest BCUT2D eigenvalue weighted by molar-refractivity contribution is 0.0992. The van der Waals surface area contributed by atoms with Crippen LogP contribution in [-0.2, 0) is 7.05 Å². The highest BCUT2D eigenvalue weighted by Crippen LogP contribution is 2.20. The zero-order chi connectivity index (χ0) is 15.9. The lowest BCUT2D eigenvalue weighted by atomic mass is 10.1. The molecule has 0 saturated heterocycles. The number of carbonyl (C=O) groups excluding carboxylic acids is 1. The van der Waals surface area contributed by atoms with Gasteiger partial charge >= 0.3 is 0 Å². The second kappa shape index (κ2) is 5.29. The number of amides is 1. The molecule has 3 aromatic rings. The quantitative estimate of drug-likeness (QED) is 0.746. The van der Waals surface area contributed by atoms with Crippen molar-refractivity contribution in [1.82, 2.24) is 19.3 Å². The van der Waals surface area contributed by atoms with Crippen LogP contribution in [0.3, 0.4) is 0 Å². The monoisotopic (exact) mass is 297 g/mol. The van der Waals surface area contributed by atoms with E-state index in [-0.39, 0.29) is 5.91 Å². The number of rotatable bonds is 3. The van der Waals surface area contributed by atoms with Crippen molar-refractivity contribution in [2.24, 2.45) is 7.05 Å². The van der Waals surface area contributed by atoms with E-state index in [4.69, 9.17) is 0 Å². The van der Waals surface area contributed by atoms with Gasteiger partial charge in [-0.1, -0.05) is 0 Å². The molecule has 0 aliphatic heterocycles. The van der Waals surface area contributed by atoms with Crippen molar-refractivity contribution in [2.75, 3.05) is 11.9 Å². The van der Waals surface area contributed by atoms with Crippen LogP contribution in [0, 0.1) is 0 Å². The highest BCUT2D eigenvalue weighted by Gasteiger charge is 2.17. The summed E-state index contributed by atoms with van der Waals surface area (Å²) in [6, 6.07) is 7.76. The summed E-state index contributed by atoms with van der Waals surface area (Å²) in [6.07, 6.45) is 3.62. The summed E-state index contributed by atoms with van der Waals surface area (Å²) in [5.41, 5.74) is 2.47. The zero-order valence-electron chi connectivity index (χ0n) is 13.2. The van der Waals surface area contributed by atoms with Gasteiger partial charge in [0.15, 0.2) is 5.82 Å². The molecule has 0 spiro atoms. The first-order valence-electron chi connectivity index (χ1n) is 7.21. The van der Waals surface area contributed by atoms with Crippen molar-refractivity contribution in [1.29, 1.82) is 0 Å². The lowest BCUT2D eigenvalue weighted by Gasteiger charge is -2.14. The van der Waals surface area contributed by atoms with E-state index in [0.29, 0.717) is 17.4 Å². The number of hydrogen-bond donors (Lipinski definition) is 0. The Kier molecular flexibility index (Phi) is 3.44. The highest BCUT2D eigenvalue weighted by atomic mass is 16.2. The van der Waals surface area contributed by atoms with Crippen LogP contribution in [0.2, 0.25) is 0 Å². The van der Waals surface area contributed by atoms with Gasteiger partial charge in [-0.15, -0.1) is 0 Å². The second-order valence-corrected chi connectivity index (χ2v) is 5.66. The first-order valence-corrected chi connectivity index (χ1v) is 7.21. The van der Waals surface area contributed by atoms with Gasteiger partial charge < -0.3 is 4.57 Å². The molecule has 1 aromatic carbocycles. The maximum Gasteiger partial charge on any atom is 0.259 e. The number of benzene rings is 1. The van der Waals surface area contributed by atoms with Crippen LogP contribution in [0.1, 0.15) is 30.2 Å². The molecule has 1 amide bonds. The Bertz CT molecular complexity index is 830. The van der Waals surface area contributed by atoms with E-state index in [1.165, 1.54) is 0 Å². The fourth-order valence-corrected chi connectivity index (χ4v) is 2.46. The molecule has 0 aliphatic rings. The van der Waals surface area contributed by atoms with Gasteiger partial charge in [0, 0.05) is 38.0 Å². The number of anilines is 1. The topological polar surface area (TPSA) is 56.0 Å². The van der Waals surface area contributed by atoms with Gasteiger partial charge in [0.05, 0.1) is 17.4 Å². The minimum atomic E-state index is -0.0975. The predicted octanol–water partition coefficient (Wildman–Crippen LogP) is 2.63. The van der Waals surface area contributed by atoms with E-state index < -0.39 is 0 Å². The molecule has 22 heavy (non-hydrogen) atoms. The second-order valence-electron chi connectivity index (χ2n) is 5.66. The number of imidazole rings is 1. The van der Waals surface area contributed by atoms with Gasteiger partial charge in [-0.05, 0) is 32.0 Å². The SMILES string of the molecule is CC(C)n1cnc2cc(C(=O)N(C)c3ccn(C)n3)ccc21. The molecule has 0 radical (unpaired) electrons. The molecule has 2 aromatic heterocycles. The Balaban J connectivity index is 1.94.